The lowest BCUT2D eigenvalue weighted by atomic mass is 10.0. The standard InChI is InChI=1S/C25H34FN6O5/c1-17-11-20(13-24(33)36-17)29(2)6-5-18-14-31(28-27-18)15-21-16-32(25(34)37-21)19-3-4-23(22(26)12-19)30-7-9-35-10-8-30/h3-4,12,14,17,20-21,24H,5-11,13,15-16H2,1-2H3/q-1/t17-,20+,21+,24-/m1/s1. The maximum Gasteiger partial charge on any atom is 0.414 e. The molecule has 3 aliphatic rings. The Morgan fingerprint density at radius 2 is 2.05 bits per heavy atom. The Labute approximate surface area is 215 Å². The number of ether oxygens (including phenoxy) is 3. The van der Waals surface area contributed by atoms with Crippen molar-refractivity contribution in [3.63, 3.8) is 0 Å². The van der Waals surface area contributed by atoms with E-state index in [1.165, 1.54) is 11.0 Å². The van der Waals surface area contributed by atoms with Crippen molar-refractivity contribution >= 4 is 17.5 Å². The number of nitrogens with zero attached hydrogens (tertiary/aromatic N) is 6. The lowest BCUT2D eigenvalue weighted by Crippen LogP contribution is -2.48. The van der Waals surface area contributed by atoms with Crippen LogP contribution < -0.4 is 14.9 Å². The number of aromatic nitrogens is 3. The molecule has 4 heterocycles. The Hall–Kier alpha value is -2.80. The van der Waals surface area contributed by atoms with Gasteiger partial charge < -0.3 is 29.1 Å². The summed E-state index contributed by atoms with van der Waals surface area (Å²) in [5.41, 5.74) is 1.80. The summed E-state index contributed by atoms with van der Waals surface area (Å²) >= 11 is 0. The largest absolute Gasteiger partial charge is 0.831 e. The number of carbonyl (C=O) groups is 1. The smallest absolute Gasteiger partial charge is 0.414 e. The minimum atomic E-state index is -0.968. The second-order valence-electron chi connectivity index (χ2n) is 10.0. The van der Waals surface area contributed by atoms with Gasteiger partial charge in [-0.15, -0.1) is 5.10 Å². The Bertz CT molecular complexity index is 1070. The highest BCUT2D eigenvalue weighted by atomic mass is 19.1. The first-order valence-corrected chi connectivity index (χ1v) is 12.9. The van der Waals surface area contributed by atoms with Crippen molar-refractivity contribution in [1.29, 1.82) is 0 Å². The van der Waals surface area contributed by atoms with Crippen LogP contribution in [0.1, 0.15) is 25.5 Å². The SMILES string of the molecule is C[C@@H]1C[C@H](N(C)CCc2cn(C[C@H]3CN(c4ccc(N5CCOCC5)c(F)c4)C(=O)O3)nn2)C[C@H]([O-])O1. The predicted octanol–water partition coefficient (Wildman–Crippen LogP) is 1.01. The molecule has 0 radical (unpaired) electrons. The summed E-state index contributed by atoms with van der Waals surface area (Å²) in [5.74, 6) is -0.373. The third kappa shape index (κ3) is 6.20. The van der Waals surface area contributed by atoms with E-state index in [9.17, 15) is 14.3 Å². The number of halogens is 1. The van der Waals surface area contributed by atoms with Crippen LogP contribution >= 0.6 is 0 Å². The zero-order valence-electron chi connectivity index (χ0n) is 21.3. The number of benzene rings is 1. The number of carbonyl (C=O) groups excluding carboxylic acids is 1. The van der Waals surface area contributed by atoms with Gasteiger partial charge in [-0.05, 0) is 51.3 Å². The van der Waals surface area contributed by atoms with E-state index in [-0.39, 0.29) is 18.0 Å². The van der Waals surface area contributed by atoms with Crippen molar-refractivity contribution in [2.75, 3.05) is 56.2 Å². The molecular weight excluding hydrogens is 483 g/mol. The van der Waals surface area contributed by atoms with Crippen molar-refractivity contribution in [3.8, 4) is 0 Å². The van der Waals surface area contributed by atoms with Crippen molar-refractivity contribution in [2.45, 2.75) is 57.3 Å². The Morgan fingerprint density at radius 1 is 1.24 bits per heavy atom. The van der Waals surface area contributed by atoms with Gasteiger partial charge in [0.25, 0.3) is 0 Å². The van der Waals surface area contributed by atoms with Gasteiger partial charge in [0.05, 0.1) is 49.5 Å². The van der Waals surface area contributed by atoms with E-state index in [2.05, 4.69) is 15.2 Å². The van der Waals surface area contributed by atoms with Crippen LogP contribution in [0.4, 0.5) is 20.6 Å². The Morgan fingerprint density at radius 3 is 2.81 bits per heavy atom. The van der Waals surface area contributed by atoms with E-state index < -0.39 is 18.5 Å². The van der Waals surface area contributed by atoms with Crippen LogP contribution in [0.5, 0.6) is 0 Å². The van der Waals surface area contributed by atoms with Gasteiger partial charge in [0.2, 0.25) is 0 Å². The van der Waals surface area contributed by atoms with Crippen LogP contribution in [0.25, 0.3) is 0 Å². The summed E-state index contributed by atoms with van der Waals surface area (Å²) in [6, 6.07) is 5.02. The van der Waals surface area contributed by atoms with Crippen LogP contribution in [0.15, 0.2) is 24.4 Å². The fraction of sp³-hybridized carbons (Fsp3) is 0.640. The van der Waals surface area contributed by atoms with Crippen LogP contribution in [0, 0.1) is 5.82 Å². The summed E-state index contributed by atoms with van der Waals surface area (Å²) in [6.07, 6.45) is 1.93. The van der Waals surface area contributed by atoms with Gasteiger partial charge in [-0.25, -0.2) is 13.9 Å². The summed E-state index contributed by atoms with van der Waals surface area (Å²) in [4.78, 5) is 18.1. The Balaban J connectivity index is 1.13. The minimum Gasteiger partial charge on any atom is -0.831 e. The van der Waals surface area contributed by atoms with Gasteiger partial charge in [0.15, 0.2) is 0 Å². The van der Waals surface area contributed by atoms with Crippen molar-refractivity contribution in [2.24, 2.45) is 0 Å². The zero-order chi connectivity index (χ0) is 25.9. The third-order valence-electron chi connectivity index (χ3n) is 7.24. The molecular formula is C25H34FN6O5-. The molecule has 1 aromatic heterocycles. The summed E-state index contributed by atoms with van der Waals surface area (Å²) < 4.78 is 32.7. The summed E-state index contributed by atoms with van der Waals surface area (Å²) in [6.45, 7) is 5.75. The highest BCUT2D eigenvalue weighted by Crippen LogP contribution is 2.29. The van der Waals surface area contributed by atoms with Crippen LogP contribution in [-0.4, -0.2) is 97.0 Å². The average molecular weight is 518 g/mol. The second-order valence-corrected chi connectivity index (χ2v) is 10.0. The molecule has 0 spiro atoms. The summed E-state index contributed by atoms with van der Waals surface area (Å²) in [5, 5.41) is 20.2. The molecule has 0 aliphatic carbocycles. The lowest BCUT2D eigenvalue weighted by Gasteiger charge is -2.41. The van der Waals surface area contributed by atoms with Crippen LogP contribution in [-0.2, 0) is 27.2 Å². The number of amides is 1. The highest BCUT2D eigenvalue weighted by Gasteiger charge is 2.33. The molecule has 11 nitrogen and oxygen atoms in total. The van der Waals surface area contributed by atoms with Gasteiger partial charge in [-0.3, -0.25) is 4.90 Å². The average Bonchev–Trinajstić information content (AvgIpc) is 3.48. The number of hydrogen-bond donors (Lipinski definition) is 0. The summed E-state index contributed by atoms with van der Waals surface area (Å²) in [7, 11) is 2.02. The highest BCUT2D eigenvalue weighted by molar-refractivity contribution is 5.90. The molecule has 0 saturated carbocycles. The van der Waals surface area contributed by atoms with E-state index in [1.807, 2.05) is 25.1 Å². The fourth-order valence-electron chi connectivity index (χ4n) is 5.21. The van der Waals surface area contributed by atoms with Gasteiger partial charge in [-0.1, -0.05) is 5.21 Å². The van der Waals surface area contributed by atoms with Gasteiger partial charge in [0.1, 0.15) is 11.9 Å². The number of morpholine rings is 1. The van der Waals surface area contributed by atoms with Crippen molar-refractivity contribution in [1.82, 2.24) is 19.9 Å². The van der Waals surface area contributed by atoms with Crippen molar-refractivity contribution in [3.05, 3.63) is 35.9 Å². The molecule has 3 aliphatic heterocycles. The second kappa shape index (κ2) is 11.3. The zero-order valence-corrected chi connectivity index (χ0v) is 21.3. The predicted molar refractivity (Wildman–Crippen MR) is 131 cm³/mol. The molecule has 1 amide bonds. The molecule has 1 aromatic carbocycles. The van der Waals surface area contributed by atoms with Crippen LogP contribution in [0.3, 0.4) is 0 Å². The molecule has 2 aromatic rings. The van der Waals surface area contributed by atoms with Gasteiger partial charge in [-0.2, -0.15) is 0 Å². The van der Waals surface area contributed by atoms with Crippen molar-refractivity contribution < 1.29 is 28.5 Å². The first-order valence-electron chi connectivity index (χ1n) is 12.9. The molecule has 3 saturated heterocycles. The molecule has 3 fully saturated rings. The third-order valence-corrected chi connectivity index (χ3v) is 7.24. The first-order chi connectivity index (χ1) is 17.9. The molecule has 5 rings (SSSR count). The molecule has 4 atom stereocenters. The molecule has 0 N–H and O–H groups in total. The first kappa shape index (κ1) is 25.8. The van der Waals surface area contributed by atoms with E-state index in [0.29, 0.717) is 63.6 Å². The Kier molecular flexibility index (Phi) is 7.89. The number of cyclic esters (lactones) is 1. The maximum absolute atomic E-state index is 14.8. The lowest BCUT2D eigenvalue weighted by molar-refractivity contribution is -0.506. The molecule has 12 heteroatoms. The van der Waals surface area contributed by atoms with E-state index in [1.54, 1.807) is 16.8 Å². The molecule has 0 bridgehead atoms. The molecule has 0 unspecified atom stereocenters. The molecule has 37 heavy (non-hydrogen) atoms. The fourth-order valence-corrected chi connectivity index (χ4v) is 5.21. The molecule has 202 valence electrons. The van der Waals surface area contributed by atoms with Gasteiger partial charge in [0, 0.05) is 38.3 Å². The normalized spacial score (nSPS) is 26.7. The van der Waals surface area contributed by atoms with Crippen LogP contribution in [0.2, 0.25) is 0 Å². The number of anilines is 2. The van der Waals surface area contributed by atoms with E-state index in [4.69, 9.17) is 14.2 Å². The number of rotatable bonds is 8. The number of hydrogen-bond acceptors (Lipinski definition) is 9. The monoisotopic (exact) mass is 517 g/mol. The van der Waals surface area contributed by atoms with E-state index >= 15 is 0 Å². The minimum absolute atomic E-state index is 0.0301. The topological polar surface area (TPSA) is 108 Å². The van der Waals surface area contributed by atoms with E-state index in [0.717, 1.165) is 18.7 Å². The quantitative estimate of drug-likeness (QED) is 0.507. The maximum atomic E-state index is 14.8. The number of likely N-dealkylation sites (N-methyl/N-ethyl adjacent to an activating group) is 1. The van der Waals surface area contributed by atoms with Gasteiger partial charge >= 0.3 is 6.09 Å².